The Morgan fingerprint density at radius 3 is 1.98 bits per heavy atom. The van der Waals surface area contributed by atoms with Crippen LogP contribution in [0.25, 0.3) is 0 Å². The lowest BCUT2D eigenvalue weighted by Crippen LogP contribution is -2.84. The summed E-state index contributed by atoms with van der Waals surface area (Å²) in [5.41, 5.74) is 5.93. The van der Waals surface area contributed by atoms with Crippen LogP contribution in [0.5, 0.6) is 0 Å². The number of benzene rings is 2. The Morgan fingerprint density at radius 1 is 0.854 bits per heavy atom. The predicted molar refractivity (Wildman–Crippen MR) is 176 cm³/mol. The second kappa shape index (κ2) is 13.1. The highest BCUT2D eigenvalue weighted by Gasteiger charge is 2.45. The first-order chi connectivity index (χ1) is 22.6. The van der Waals surface area contributed by atoms with Crippen molar-refractivity contribution in [3.05, 3.63) is 93.4 Å². The fraction of sp³-hybridized carbons (Fsp3) is 0.361. The van der Waals surface area contributed by atoms with Crippen molar-refractivity contribution in [3.63, 3.8) is 0 Å². The molecule has 0 saturated heterocycles. The molecular formula is C36H41N4O8+. The molecule has 0 radical (unpaired) electrons. The Kier molecular flexibility index (Phi) is 9.32. The minimum Gasteiger partial charge on any atom is -0.506 e. The van der Waals surface area contributed by atoms with Gasteiger partial charge in [-0.3, -0.25) is 24.0 Å². The molecule has 48 heavy (non-hydrogen) atoms. The van der Waals surface area contributed by atoms with Gasteiger partial charge < -0.3 is 36.6 Å². The highest BCUT2D eigenvalue weighted by Crippen LogP contribution is 2.45. The number of quaternary nitrogens is 1. The zero-order valence-corrected chi connectivity index (χ0v) is 27.4. The number of anilines is 1. The summed E-state index contributed by atoms with van der Waals surface area (Å²) in [5, 5.41) is 39.6. The van der Waals surface area contributed by atoms with E-state index in [-0.39, 0.29) is 79.3 Å². The van der Waals surface area contributed by atoms with E-state index in [1.54, 1.807) is 6.08 Å². The van der Waals surface area contributed by atoms with Gasteiger partial charge in [0, 0.05) is 48.3 Å². The van der Waals surface area contributed by atoms with Crippen LogP contribution in [-0.2, 0) is 47.9 Å². The van der Waals surface area contributed by atoms with Gasteiger partial charge in [-0.2, -0.15) is 0 Å². The first kappa shape index (κ1) is 34.1. The number of nitrogens with one attached hydrogen (secondary N) is 3. The summed E-state index contributed by atoms with van der Waals surface area (Å²) in [6.07, 6.45) is 2.88. The maximum absolute atomic E-state index is 13.4. The maximum atomic E-state index is 13.4. The van der Waals surface area contributed by atoms with Gasteiger partial charge in [0.25, 0.3) is 0 Å². The average Bonchev–Trinajstić information content (AvgIpc) is 3.44. The summed E-state index contributed by atoms with van der Waals surface area (Å²) in [5.74, 6) is -3.02. The second-order valence-corrected chi connectivity index (χ2v) is 13.5. The first-order valence-corrected chi connectivity index (χ1v) is 15.9. The predicted octanol–water partition coefficient (Wildman–Crippen LogP) is 3.11. The molecule has 2 aliphatic heterocycles. The summed E-state index contributed by atoms with van der Waals surface area (Å²) in [6, 6.07) is 11.5. The topological polar surface area (TPSA) is 199 Å². The monoisotopic (exact) mass is 657 g/mol. The number of carbonyl (C=O) groups is 5. The standard InChI is InChI=1S/C36H40N4O8/c1-35(2)23-13-19(17-37-29(41)9-11-31(43)44)5-7-25(23)39-27(35)15-21-33(47)22(34(21)48)16-28-36(3,4)24-14-20(6-8-26(24)40-28)18-38-30(42)10-12-32(45)46/h5-8,13-16,27,39-40,47H,9-12,17-18H2,1-4H3,(H,37,41)(H,38,42)(H,43,44)(H,45,46)/p+1. The number of allylic oxidation sites excluding steroid dienone is 4. The van der Waals surface area contributed by atoms with Crippen molar-refractivity contribution in [2.45, 2.75) is 83.3 Å². The Morgan fingerprint density at radius 2 is 1.42 bits per heavy atom. The van der Waals surface area contributed by atoms with Crippen LogP contribution in [0.1, 0.15) is 75.6 Å². The number of aliphatic hydroxyl groups excluding tert-OH is 1. The van der Waals surface area contributed by atoms with E-state index in [4.69, 9.17) is 10.2 Å². The molecule has 252 valence electrons. The molecule has 2 amide bonds. The van der Waals surface area contributed by atoms with Gasteiger partial charge in [0.1, 0.15) is 17.5 Å². The van der Waals surface area contributed by atoms with Crippen LogP contribution in [0.3, 0.4) is 0 Å². The lowest BCUT2D eigenvalue weighted by atomic mass is 9.76. The summed E-state index contributed by atoms with van der Waals surface area (Å²) < 4.78 is 0. The van der Waals surface area contributed by atoms with Gasteiger partial charge in [0.05, 0.1) is 29.4 Å². The van der Waals surface area contributed by atoms with Crippen molar-refractivity contribution in [1.82, 2.24) is 10.6 Å². The third-order valence-corrected chi connectivity index (χ3v) is 9.45. The van der Waals surface area contributed by atoms with E-state index in [1.807, 2.05) is 56.3 Å². The molecule has 3 aliphatic rings. The summed E-state index contributed by atoms with van der Waals surface area (Å²) in [4.78, 5) is 58.8. The van der Waals surface area contributed by atoms with Crippen molar-refractivity contribution in [1.29, 1.82) is 0 Å². The lowest BCUT2D eigenvalue weighted by molar-refractivity contribution is -0.596. The van der Waals surface area contributed by atoms with Gasteiger partial charge in [0.15, 0.2) is 5.78 Å². The van der Waals surface area contributed by atoms with Crippen molar-refractivity contribution in [3.8, 4) is 0 Å². The lowest BCUT2D eigenvalue weighted by Gasteiger charge is -2.26. The van der Waals surface area contributed by atoms with Crippen molar-refractivity contribution < 1.29 is 44.6 Å². The number of amides is 2. The van der Waals surface area contributed by atoms with E-state index in [0.717, 1.165) is 39.3 Å². The minimum atomic E-state index is -1.03. The van der Waals surface area contributed by atoms with E-state index in [2.05, 4.69) is 35.1 Å². The number of hydrogen-bond donors (Lipinski definition) is 7. The number of fused-ring (bicyclic) bond motifs is 2. The molecule has 0 bridgehead atoms. The number of aliphatic hydroxyl groups is 1. The van der Waals surface area contributed by atoms with Gasteiger partial charge in [-0.25, -0.2) is 0 Å². The van der Waals surface area contributed by atoms with Crippen molar-refractivity contribution in [2.24, 2.45) is 0 Å². The Bertz CT molecular complexity index is 1820. The Labute approximate surface area is 278 Å². The molecule has 12 heteroatoms. The molecule has 2 aromatic rings. The van der Waals surface area contributed by atoms with Gasteiger partial charge in [-0.15, -0.1) is 0 Å². The van der Waals surface area contributed by atoms with Crippen LogP contribution in [0.4, 0.5) is 11.4 Å². The van der Waals surface area contributed by atoms with E-state index in [0.29, 0.717) is 0 Å². The number of carbonyl (C=O) groups excluding carboxylic acids is 3. The first-order valence-electron chi connectivity index (χ1n) is 15.9. The van der Waals surface area contributed by atoms with E-state index in [9.17, 15) is 29.1 Å². The maximum Gasteiger partial charge on any atom is 0.303 e. The van der Waals surface area contributed by atoms with Gasteiger partial charge >= 0.3 is 11.9 Å². The van der Waals surface area contributed by atoms with E-state index >= 15 is 0 Å². The van der Waals surface area contributed by atoms with E-state index < -0.39 is 22.8 Å². The molecule has 1 unspecified atom stereocenters. The summed E-state index contributed by atoms with van der Waals surface area (Å²) >= 11 is 0. The van der Waals surface area contributed by atoms with Crippen LogP contribution >= 0.6 is 0 Å². The van der Waals surface area contributed by atoms with Crippen LogP contribution in [0.2, 0.25) is 0 Å². The molecule has 1 atom stereocenters. The molecule has 0 aromatic heterocycles. The Hall–Kier alpha value is -5.23. The number of Topliss-reactive ketones (excluding diaryl/α,β-unsaturated/α-hetero) is 1. The number of carboxylic acids is 2. The molecule has 8 N–H and O–H groups in total. The molecule has 2 aromatic carbocycles. The SMILES string of the molecule is CC1(C)C(=CC2=C(O)C(=CC3[NH2+]c4ccc(CNC(=O)CCC(=O)O)cc4C3(C)C)C2=O)Nc2ccc(CNC(=O)CCC(=O)O)cc21. The molecule has 0 fully saturated rings. The number of aliphatic carboxylic acids is 2. The van der Waals surface area contributed by atoms with Crippen LogP contribution in [-0.4, -0.2) is 50.9 Å². The molecule has 0 spiro atoms. The third kappa shape index (κ3) is 6.89. The zero-order valence-electron chi connectivity index (χ0n) is 27.4. The Balaban J connectivity index is 1.27. The third-order valence-electron chi connectivity index (χ3n) is 9.45. The van der Waals surface area contributed by atoms with Gasteiger partial charge in [-0.1, -0.05) is 32.0 Å². The van der Waals surface area contributed by atoms with Crippen LogP contribution in [0.15, 0.2) is 71.2 Å². The molecule has 1 aliphatic carbocycles. The van der Waals surface area contributed by atoms with Crippen LogP contribution in [0, 0.1) is 0 Å². The largest absolute Gasteiger partial charge is 0.506 e. The highest BCUT2D eigenvalue weighted by molar-refractivity contribution is 6.21. The number of nitrogens with two attached hydrogens (primary N) is 1. The molecule has 5 rings (SSSR count). The molecule has 12 nitrogen and oxygen atoms in total. The van der Waals surface area contributed by atoms with Crippen LogP contribution < -0.4 is 21.3 Å². The number of hydrogen-bond acceptors (Lipinski definition) is 7. The number of ketones is 1. The highest BCUT2D eigenvalue weighted by atomic mass is 16.4. The molecule has 0 saturated carbocycles. The quantitative estimate of drug-likeness (QED) is 0.132. The zero-order chi connectivity index (χ0) is 35.0. The summed E-state index contributed by atoms with van der Waals surface area (Å²) in [6.45, 7) is 8.67. The average molecular weight is 658 g/mol. The number of rotatable bonds is 12. The molecular weight excluding hydrogens is 616 g/mol. The smallest absolute Gasteiger partial charge is 0.303 e. The second-order valence-electron chi connectivity index (χ2n) is 13.5. The van der Waals surface area contributed by atoms with Gasteiger partial charge in [-0.05, 0) is 60.9 Å². The van der Waals surface area contributed by atoms with Crippen molar-refractivity contribution in [2.75, 3.05) is 5.32 Å². The normalized spacial score (nSPS) is 20.2. The van der Waals surface area contributed by atoms with Crippen molar-refractivity contribution >= 4 is 40.9 Å². The molecule has 2 heterocycles. The number of carboxylic acid groups (broad SMARTS) is 2. The fourth-order valence-corrected chi connectivity index (χ4v) is 6.32. The summed E-state index contributed by atoms with van der Waals surface area (Å²) in [7, 11) is 0. The van der Waals surface area contributed by atoms with E-state index in [1.165, 1.54) is 0 Å². The van der Waals surface area contributed by atoms with Gasteiger partial charge in [0.2, 0.25) is 11.8 Å². The fourth-order valence-electron chi connectivity index (χ4n) is 6.32. The minimum absolute atomic E-state index is 0.0595.